The van der Waals surface area contributed by atoms with Crippen molar-refractivity contribution in [2.24, 2.45) is 5.92 Å². The number of hydrogen-bond acceptors (Lipinski definition) is 1. The van der Waals surface area contributed by atoms with Crippen LogP contribution in [0.3, 0.4) is 0 Å². The first-order valence-electron chi connectivity index (χ1n) is 9.23. The monoisotopic (exact) mass is 291 g/mol. The number of carbonyl (C=O) groups is 1. The topological polar surface area (TPSA) is 29.1 Å². The summed E-state index contributed by atoms with van der Waals surface area (Å²) in [5.74, 6) is 0.364. The van der Waals surface area contributed by atoms with Crippen LogP contribution in [0.1, 0.15) is 90.9 Å². The Balaban J connectivity index is 2.00. The third-order valence-electron chi connectivity index (χ3n) is 5.42. The van der Waals surface area contributed by atoms with Crippen molar-refractivity contribution < 1.29 is 4.79 Å². The summed E-state index contributed by atoms with van der Waals surface area (Å²) >= 11 is 0. The molecule has 2 nitrogen and oxygen atoms in total. The van der Waals surface area contributed by atoms with Crippen LogP contribution in [0.4, 0.5) is 0 Å². The zero-order valence-corrected chi connectivity index (χ0v) is 14.0. The minimum Gasteiger partial charge on any atom is -0.353 e. The van der Waals surface area contributed by atoms with Gasteiger partial charge in [0.2, 0.25) is 5.91 Å². The lowest BCUT2D eigenvalue weighted by atomic mass is 9.84. The zero-order chi connectivity index (χ0) is 15.1. The van der Waals surface area contributed by atoms with Gasteiger partial charge in [0, 0.05) is 6.04 Å². The molecule has 1 saturated carbocycles. The van der Waals surface area contributed by atoms with E-state index >= 15 is 0 Å². The fourth-order valence-corrected chi connectivity index (χ4v) is 4.00. The van der Waals surface area contributed by atoms with Gasteiger partial charge in [0.1, 0.15) is 0 Å². The highest BCUT2D eigenvalue weighted by Crippen LogP contribution is 2.30. The van der Waals surface area contributed by atoms with Gasteiger partial charge in [0.15, 0.2) is 0 Å². The van der Waals surface area contributed by atoms with Crippen LogP contribution in [-0.2, 0) is 4.79 Å². The fourth-order valence-electron chi connectivity index (χ4n) is 4.00. The summed E-state index contributed by atoms with van der Waals surface area (Å²) in [5, 5.41) is 3.32. The van der Waals surface area contributed by atoms with Crippen LogP contribution >= 0.6 is 0 Å². The molecule has 1 fully saturated rings. The molecule has 0 radical (unpaired) electrons. The third-order valence-corrected chi connectivity index (χ3v) is 5.42. The Labute approximate surface area is 130 Å². The maximum absolute atomic E-state index is 12.6. The molecular formula is C19H33NO. The highest BCUT2D eigenvalue weighted by Gasteiger charge is 2.24. The Hall–Kier alpha value is -0.790. The summed E-state index contributed by atoms with van der Waals surface area (Å²) < 4.78 is 0. The Morgan fingerprint density at radius 1 is 1.05 bits per heavy atom. The van der Waals surface area contributed by atoms with Gasteiger partial charge in [-0.05, 0) is 51.9 Å². The molecule has 0 saturated heterocycles. The maximum Gasteiger partial charge on any atom is 0.227 e. The molecule has 0 bridgehead atoms. The summed E-state index contributed by atoms with van der Waals surface area (Å²) in [6, 6.07) is 0.438. The van der Waals surface area contributed by atoms with Crippen molar-refractivity contribution >= 4 is 5.91 Å². The second-order valence-corrected chi connectivity index (χ2v) is 6.96. The van der Waals surface area contributed by atoms with Crippen molar-refractivity contribution in [1.82, 2.24) is 5.32 Å². The highest BCUT2D eigenvalue weighted by atomic mass is 16.1. The number of allylic oxidation sites excluding steroid dienone is 1. The van der Waals surface area contributed by atoms with Crippen LogP contribution in [0.15, 0.2) is 11.1 Å². The number of nitrogens with one attached hydrogen (secondary N) is 1. The molecule has 0 aromatic heterocycles. The van der Waals surface area contributed by atoms with E-state index in [1.807, 2.05) is 0 Å². The molecule has 2 heteroatoms. The van der Waals surface area contributed by atoms with Crippen molar-refractivity contribution in [3.63, 3.8) is 0 Å². The van der Waals surface area contributed by atoms with E-state index in [2.05, 4.69) is 19.2 Å². The molecule has 2 rings (SSSR count). The first-order chi connectivity index (χ1) is 10.2. The van der Waals surface area contributed by atoms with Crippen molar-refractivity contribution in [2.75, 3.05) is 0 Å². The van der Waals surface area contributed by atoms with Crippen molar-refractivity contribution in [2.45, 2.75) is 96.9 Å². The average molecular weight is 291 g/mol. The summed E-state index contributed by atoms with van der Waals surface area (Å²) in [7, 11) is 0. The third kappa shape index (κ3) is 4.86. The van der Waals surface area contributed by atoms with Crippen LogP contribution in [-0.4, -0.2) is 11.9 Å². The van der Waals surface area contributed by atoms with Gasteiger partial charge in [-0.25, -0.2) is 0 Å². The second-order valence-electron chi connectivity index (χ2n) is 6.96. The molecule has 0 aliphatic heterocycles. The van der Waals surface area contributed by atoms with Gasteiger partial charge in [0.25, 0.3) is 0 Å². The highest BCUT2D eigenvalue weighted by molar-refractivity contribution is 5.81. The molecule has 2 aliphatic carbocycles. The van der Waals surface area contributed by atoms with Crippen molar-refractivity contribution in [3.05, 3.63) is 11.1 Å². The molecule has 0 spiro atoms. The lowest BCUT2D eigenvalue weighted by molar-refractivity contribution is -0.124. The fraction of sp³-hybridized carbons (Fsp3) is 0.842. The molecule has 0 heterocycles. The Morgan fingerprint density at radius 3 is 2.33 bits per heavy atom. The van der Waals surface area contributed by atoms with E-state index in [1.165, 1.54) is 69.8 Å². The van der Waals surface area contributed by atoms with E-state index < -0.39 is 0 Å². The normalized spacial score (nSPS) is 26.8. The summed E-state index contributed by atoms with van der Waals surface area (Å²) in [4.78, 5) is 12.6. The van der Waals surface area contributed by atoms with E-state index in [1.54, 1.807) is 5.57 Å². The van der Waals surface area contributed by atoms with Gasteiger partial charge >= 0.3 is 0 Å². The SMILES string of the molecule is CC/C1=C(\C(C)C(=O)NC2CCCCC2)CCCCCC1. The molecule has 120 valence electrons. The van der Waals surface area contributed by atoms with Gasteiger partial charge in [-0.15, -0.1) is 0 Å². The summed E-state index contributed by atoms with van der Waals surface area (Å²) in [5.41, 5.74) is 3.03. The Kier molecular flexibility index (Phi) is 6.79. The van der Waals surface area contributed by atoms with E-state index in [0.717, 1.165) is 12.8 Å². The minimum atomic E-state index is 0.0833. The molecule has 2 aliphatic rings. The molecule has 0 aromatic rings. The maximum atomic E-state index is 12.6. The standard InChI is InChI=1S/C19H33NO/c1-3-16-11-7-4-5-10-14-18(16)15(2)19(21)20-17-12-8-6-9-13-17/h15,17H,3-14H2,1-2H3,(H,20,21)/b18-16+. The predicted octanol–water partition coefficient (Wildman–Crippen LogP) is 5.13. The molecule has 1 amide bonds. The molecule has 1 unspecified atom stereocenters. The Bertz CT molecular complexity index is 366. The van der Waals surface area contributed by atoms with Crippen LogP contribution in [0.5, 0.6) is 0 Å². The first kappa shape index (κ1) is 16.6. The van der Waals surface area contributed by atoms with Crippen LogP contribution in [0, 0.1) is 5.92 Å². The van der Waals surface area contributed by atoms with E-state index in [4.69, 9.17) is 0 Å². The Morgan fingerprint density at radius 2 is 1.67 bits per heavy atom. The van der Waals surface area contributed by atoms with Gasteiger partial charge in [-0.1, -0.05) is 50.2 Å². The van der Waals surface area contributed by atoms with Gasteiger partial charge in [0.05, 0.1) is 5.92 Å². The summed E-state index contributed by atoms with van der Waals surface area (Å²) in [6.45, 7) is 4.38. The van der Waals surface area contributed by atoms with Crippen molar-refractivity contribution in [3.8, 4) is 0 Å². The van der Waals surface area contributed by atoms with E-state index in [9.17, 15) is 4.79 Å². The van der Waals surface area contributed by atoms with Crippen LogP contribution < -0.4 is 5.32 Å². The molecular weight excluding hydrogens is 258 g/mol. The predicted molar refractivity (Wildman–Crippen MR) is 89.2 cm³/mol. The molecule has 21 heavy (non-hydrogen) atoms. The first-order valence-corrected chi connectivity index (χ1v) is 9.23. The molecule has 0 aromatic carbocycles. The average Bonchev–Trinajstić information content (AvgIpc) is 2.48. The van der Waals surface area contributed by atoms with Gasteiger partial charge in [-0.3, -0.25) is 4.79 Å². The molecule has 1 atom stereocenters. The minimum absolute atomic E-state index is 0.0833. The van der Waals surface area contributed by atoms with Crippen LogP contribution in [0.2, 0.25) is 0 Å². The van der Waals surface area contributed by atoms with E-state index in [-0.39, 0.29) is 11.8 Å². The van der Waals surface area contributed by atoms with E-state index in [0.29, 0.717) is 6.04 Å². The van der Waals surface area contributed by atoms with Crippen molar-refractivity contribution in [1.29, 1.82) is 0 Å². The number of rotatable bonds is 4. The quantitative estimate of drug-likeness (QED) is 0.715. The zero-order valence-electron chi connectivity index (χ0n) is 14.0. The second kappa shape index (κ2) is 8.60. The number of carbonyl (C=O) groups excluding carboxylic acids is 1. The lowest BCUT2D eigenvalue weighted by Gasteiger charge is -2.27. The number of hydrogen-bond donors (Lipinski definition) is 1. The van der Waals surface area contributed by atoms with Gasteiger partial charge in [-0.2, -0.15) is 0 Å². The summed E-state index contributed by atoms with van der Waals surface area (Å²) in [6.07, 6.45) is 15.0. The van der Waals surface area contributed by atoms with Crippen LogP contribution in [0.25, 0.3) is 0 Å². The largest absolute Gasteiger partial charge is 0.353 e. The number of amides is 1. The van der Waals surface area contributed by atoms with Gasteiger partial charge < -0.3 is 5.32 Å². The smallest absolute Gasteiger partial charge is 0.227 e. The molecule has 1 N–H and O–H groups in total. The lowest BCUT2D eigenvalue weighted by Crippen LogP contribution is -2.40.